The summed E-state index contributed by atoms with van der Waals surface area (Å²) in [6.07, 6.45) is 0. The van der Waals surface area contributed by atoms with Crippen LogP contribution in [0.15, 0.2) is 60.7 Å². The van der Waals surface area contributed by atoms with Crippen molar-refractivity contribution in [3.63, 3.8) is 0 Å². The van der Waals surface area contributed by atoms with E-state index < -0.39 is 0 Å². The minimum atomic E-state index is 0.273. The lowest BCUT2D eigenvalue weighted by Gasteiger charge is -2.09. The van der Waals surface area contributed by atoms with Gasteiger partial charge in [-0.25, -0.2) is 0 Å². The van der Waals surface area contributed by atoms with Crippen molar-refractivity contribution in [2.45, 2.75) is 0 Å². The molecule has 0 aliphatic heterocycles. The van der Waals surface area contributed by atoms with Crippen LogP contribution in [0.4, 0.5) is 11.4 Å². The minimum absolute atomic E-state index is 0.273. The van der Waals surface area contributed by atoms with Crippen molar-refractivity contribution in [2.75, 3.05) is 5.32 Å². The lowest BCUT2D eigenvalue weighted by atomic mass is 10.1. The van der Waals surface area contributed by atoms with Crippen LogP contribution in [0.5, 0.6) is 5.75 Å². The fourth-order valence-corrected chi connectivity index (χ4v) is 2.19. The molecule has 3 aromatic rings. The molecule has 0 bridgehead atoms. The quantitative estimate of drug-likeness (QED) is 0.690. The molecule has 94 valence electrons. The lowest BCUT2D eigenvalue weighted by molar-refractivity contribution is 0.482. The normalized spacial score (nSPS) is 10.6. The van der Waals surface area contributed by atoms with Gasteiger partial charge in [0.15, 0.2) is 0 Å². The van der Waals surface area contributed by atoms with E-state index in [1.54, 1.807) is 6.07 Å². The summed E-state index contributed by atoms with van der Waals surface area (Å²) in [7, 11) is 0. The Morgan fingerprint density at radius 3 is 2.37 bits per heavy atom. The number of phenolic OH excluding ortho intramolecular Hbond substituents is 1. The Kier molecular flexibility index (Phi) is 3.02. The van der Waals surface area contributed by atoms with Crippen LogP contribution < -0.4 is 5.32 Å². The van der Waals surface area contributed by atoms with Crippen LogP contribution in [-0.2, 0) is 0 Å². The molecule has 0 atom stereocenters. The van der Waals surface area contributed by atoms with Gasteiger partial charge in [0.25, 0.3) is 0 Å². The van der Waals surface area contributed by atoms with Gasteiger partial charge in [0.05, 0.1) is 0 Å². The van der Waals surface area contributed by atoms with E-state index >= 15 is 0 Å². The van der Waals surface area contributed by atoms with Crippen molar-refractivity contribution >= 4 is 33.7 Å². The Morgan fingerprint density at radius 2 is 1.58 bits per heavy atom. The molecular formula is C16H12ClNO. The second kappa shape index (κ2) is 4.82. The fraction of sp³-hybridized carbons (Fsp3) is 0. The molecule has 0 heterocycles. The molecule has 0 aromatic heterocycles. The van der Waals surface area contributed by atoms with Crippen molar-refractivity contribution in [3.8, 4) is 5.75 Å². The van der Waals surface area contributed by atoms with E-state index in [9.17, 15) is 5.11 Å². The molecule has 2 nitrogen and oxygen atoms in total. The van der Waals surface area contributed by atoms with Crippen LogP contribution in [-0.4, -0.2) is 5.11 Å². The Morgan fingerprint density at radius 1 is 0.842 bits per heavy atom. The van der Waals surface area contributed by atoms with Crippen molar-refractivity contribution in [1.29, 1.82) is 0 Å². The molecule has 0 saturated carbocycles. The maximum absolute atomic E-state index is 10.0. The molecule has 0 aliphatic rings. The van der Waals surface area contributed by atoms with Crippen molar-refractivity contribution in [1.82, 2.24) is 0 Å². The summed E-state index contributed by atoms with van der Waals surface area (Å²) < 4.78 is 0. The first-order valence-electron chi connectivity index (χ1n) is 5.97. The maximum atomic E-state index is 10.0. The van der Waals surface area contributed by atoms with Crippen LogP contribution in [0.1, 0.15) is 0 Å². The highest BCUT2D eigenvalue weighted by molar-refractivity contribution is 6.30. The van der Waals surface area contributed by atoms with Gasteiger partial charge in [-0.05, 0) is 35.7 Å². The highest BCUT2D eigenvalue weighted by Gasteiger charge is 2.02. The van der Waals surface area contributed by atoms with Crippen LogP contribution in [0, 0.1) is 0 Å². The third kappa shape index (κ3) is 2.49. The average molecular weight is 270 g/mol. The summed E-state index contributed by atoms with van der Waals surface area (Å²) in [6, 6.07) is 18.9. The molecule has 0 fully saturated rings. The van der Waals surface area contributed by atoms with Crippen molar-refractivity contribution in [2.24, 2.45) is 0 Å². The number of phenols is 1. The number of rotatable bonds is 2. The highest BCUT2D eigenvalue weighted by atomic mass is 35.5. The van der Waals surface area contributed by atoms with E-state index in [1.165, 1.54) is 0 Å². The highest BCUT2D eigenvalue weighted by Crippen LogP contribution is 2.30. The molecule has 0 unspecified atom stereocenters. The largest absolute Gasteiger partial charge is 0.507 e. The Labute approximate surface area is 116 Å². The van der Waals surface area contributed by atoms with Gasteiger partial charge < -0.3 is 10.4 Å². The zero-order valence-electron chi connectivity index (χ0n) is 10.1. The molecule has 3 heteroatoms. The van der Waals surface area contributed by atoms with E-state index in [-0.39, 0.29) is 5.75 Å². The Hall–Kier alpha value is -2.19. The summed E-state index contributed by atoms with van der Waals surface area (Å²) >= 11 is 5.85. The first-order chi connectivity index (χ1) is 9.22. The van der Waals surface area contributed by atoms with E-state index in [4.69, 9.17) is 11.6 Å². The molecule has 19 heavy (non-hydrogen) atoms. The summed E-state index contributed by atoms with van der Waals surface area (Å²) in [6.45, 7) is 0. The summed E-state index contributed by atoms with van der Waals surface area (Å²) in [5.41, 5.74) is 1.78. The number of hydrogen-bond donors (Lipinski definition) is 2. The SMILES string of the molecule is Oc1cc(Nc2ccc(Cl)cc2)cc2ccccc12. The van der Waals surface area contributed by atoms with Gasteiger partial charge in [0.1, 0.15) is 5.75 Å². The van der Waals surface area contributed by atoms with Gasteiger partial charge in [0.2, 0.25) is 0 Å². The number of aromatic hydroxyl groups is 1. The van der Waals surface area contributed by atoms with Gasteiger partial charge >= 0.3 is 0 Å². The van der Waals surface area contributed by atoms with E-state index in [2.05, 4.69) is 5.32 Å². The van der Waals surface area contributed by atoms with Crippen molar-refractivity contribution < 1.29 is 5.11 Å². The lowest BCUT2D eigenvalue weighted by Crippen LogP contribution is -1.90. The van der Waals surface area contributed by atoms with Crippen LogP contribution >= 0.6 is 11.6 Å². The number of benzene rings is 3. The Balaban J connectivity index is 1.99. The molecule has 3 aromatic carbocycles. The molecular weight excluding hydrogens is 258 g/mol. The summed E-state index contributed by atoms with van der Waals surface area (Å²) in [4.78, 5) is 0. The summed E-state index contributed by atoms with van der Waals surface area (Å²) in [5.74, 6) is 0.273. The number of nitrogens with one attached hydrogen (secondary N) is 1. The second-order valence-electron chi connectivity index (χ2n) is 4.35. The molecule has 2 N–H and O–H groups in total. The Bertz CT molecular complexity index is 722. The van der Waals surface area contributed by atoms with Gasteiger partial charge in [-0.1, -0.05) is 35.9 Å². The molecule has 3 rings (SSSR count). The third-order valence-electron chi connectivity index (χ3n) is 2.97. The molecule has 0 amide bonds. The standard InChI is InChI=1S/C16H12ClNO/c17-12-5-7-13(8-6-12)18-14-9-11-3-1-2-4-15(11)16(19)10-14/h1-10,18-19H. The third-order valence-corrected chi connectivity index (χ3v) is 3.22. The van der Waals surface area contributed by atoms with Crippen molar-refractivity contribution in [3.05, 3.63) is 65.7 Å². The van der Waals surface area contributed by atoms with Crippen LogP contribution in [0.2, 0.25) is 5.02 Å². The predicted molar refractivity (Wildman–Crippen MR) is 80.3 cm³/mol. The monoisotopic (exact) mass is 269 g/mol. The van der Waals surface area contributed by atoms with Crippen LogP contribution in [0.25, 0.3) is 10.8 Å². The first-order valence-corrected chi connectivity index (χ1v) is 6.34. The second-order valence-corrected chi connectivity index (χ2v) is 4.78. The van der Waals surface area contributed by atoms with Gasteiger partial charge in [-0.2, -0.15) is 0 Å². The number of halogens is 1. The molecule has 0 spiro atoms. The zero-order chi connectivity index (χ0) is 13.2. The minimum Gasteiger partial charge on any atom is -0.507 e. The fourth-order valence-electron chi connectivity index (χ4n) is 2.06. The smallest absolute Gasteiger partial charge is 0.125 e. The van der Waals surface area contributed by atoms with E-state index in [0.717, 1.165) is 22.1 Å². The molecule has 0 aliphatic carbocycles. The van der Waals surface area contributed by atoms with Gasteiger partial charge in [-0.15, -0.1) is 0 Å². The predicted octanol–water partition coefficient (Wildman–Crippen LogP) is 4.94. The van der Waals surface area contributed by atoms with Gasteiger partial charge in [0, 0.05) is 27.8 Å². The van der Waals surface area contributed by atoms with E-state index in [0.29, 0.717) is 5.02 Å². The number of anilines is 2. The number of fused-ring (bicyclic) bond motifs is 1. The topological polar surface area (TPSA) is 32.3 Å². The van der Waals surface area contributed by atoms with E-state index in [1.807, 2.05) is 54.6 Å². The van der Waals surface area contributed by atoms with Gasteiger partial charge in [-0.3, -0.25) is 0 Å². The average Bonchev–Trinajstić information content (AvgIpc) is 2.42. The zero-order valence-corrected chi connectivity index (χ0v) is 10.9. The maximum Gasteiger partial charge on any atom is 0.125 e. The first kappa shape index (κ1) is 11.9. The molecule has 0 saturated heterocycles. The number of hydrogen-bond acceptors (Lipinski definition) is 2. The summed E-state index contributed by atoms with van der Waals surface area (Å²) in [5, 5.41) is 15.8. The molecule has 0 radical (unpaired) electrons. The van der Waals surface area contributed by atoms with Crippen LogP contribution in [0.3, 0.4) is 0 Å².